The molecular formula is C20H27N3O5. The van der Waals surface area contributed by atoms with Gasteiger partial charge in [0.2, 0.25) is 0 Å². The molecule has 2 heterocycles. The quantitative estimate of drug-likeness (QED) is 0.304. The monoisotopic (exact) mass is 389 g/mol. The Morgan fingerprint density at radius 2 is 1.89 bits per heavy atom. The van der Waals surface area contributed by atoms with Crippen LogP contribution in [0.5, 0.6) is 5.75 Å². The first-order chi connectivity index (χ1) is 13.6. The van der Waals surface area contributed by atoms with Crippen molar-refractivity contribution >= 4 is 16.8 Å². The van der Waals surface area contributed by atoms with E-state index in [1.807, 2.05) is 12.1 Å². The van der Waals surface area contributed by atoms with Gasteiger partial charge in [0.1, 0.15) is 11.3 Å². The Morgan fingerprint density at radius 3 is 2.54 bits per heavy atom. The summed E-state index contributed by atoms with van der Waals surface area (Å²) in [4.78, 5) is 16.3. The first-order valence-corrected chi connectivity index (χ1v) is 9.56. The van der Waals surface area contributed by atoms with E-state index in [0.717, 1.165) is 51.1 Å². The van der Waals surface area contributed by atoms with Crippen LogP contribution in [-0.2, 0) is 0 Å². The lowest BCUT2D eigenvalue weighted by Gasteiger charge is -2.34. The molecule has 0 bridgehead atoms. The Labute approximate surface area is 163 Å². The van der Waals surface area contributed by atoms with Gasteiger partial charge < -0.3 is 24.4 Å². The number of nitrogens with zero attached hydrogens (tertiary/aromatic N) is 3. The van der Waals surface area contributed by atoms with Crippen LogP contribution in [0.1, 0.15) is 23.7 Å². The number of benzene rings is 1. The van der Waals surface area contributed by atoms with E-state index in [-0.39, 0.29) is 23.5 Å². The van der Waals surface area contributed by atoms with E-state index in [9.17, 15) is 4.79 Å². The maximum atomic E-state index is 11.6. The maximum Gasteiger partial charge on any atom is 0.266 e. The fourth-order valence-electron chi connectivity index (χ4n) is 3.37. The summed E-state index contributed by atoms with van der Waals surface area (Å²) in [7, 11) is 0. The van der Waals surface area contributed by atoms with E-state index < -0.39 is 0 Å². The van der Waals surface area contributed by atoms with Crippen LogP contribution >= 0.6 is 0 Å². The van der Waals surface area contributed by atoms with Crippen LogP contribution in [0.2, 0.25) is 0 Å². The smallest absolute Gasteiger partial charge is 0.266 e. The van der Waals surface area contributed by atoms with Crippen molar-refractivity contribution in [2.75, 3.05) is 52.5 Å². The van der Waals surface area contributed by atoms with Crippen LogP contribution in [0.4, 0.5) is 0 Å². The Balaban J connectivity index is 1.52. The van der Waals surface area contributed by atoms with Gasteiger partial charge >= 0.3 is 0 Å². The number of aliphatic hydroxyl groups excluding tert-OH is 1. The molecule has 28 heavy (non-hydrogen) atoms. The molecule has 2 N–H and O–H groups in total. The summed E-state index contributed by atoms with van der Waals surface area (Å²) in [6, 6.07) is 7.05. The second kappa shape index (κ2) is 9.68. The number of rotatable bonds is 8. The summed E-state index contributed by atoms with van der Waals surface area (Å²) >= 11 is 0. The average Bonchev–Trinajstić information content (AvgIpc) is 2.71. The molecule has 0 saturated carbocycles. The van der Waals surface area contributed by atoms with Crippen molar-refractivity contribution in [1.82, 2.24) is 9.80 Å². The highest BCUT2D eigenvalue weighted by atomic mass is 16.5. The molecule has 1 aliphatic heterocycles. The zero-order valence-electron chi connectivity index (χ0n) is 16.1. The van der Waals surface area contributed by atoms with Crippen molar-refractivity contribution in [3.05, 3.63) is 35.4 Å². The maximum absolute atomic E-state index is 11.6. The molecule has 0 spiro atoms. The lowest BCUT2D eigenvalue weighted by atomic mass is 10.1. The van der Waals surface area contributed by atoms with Gasteiger partial charge in [0.05, 0.1) is 18.8 Å². The summed E-state index contributed by atoms with van der Waals surface area (Å²) < 4.78 is 11.4. The van der Waals surface area contributed by atoms with E-state index in [1.165, 1.54) is 6.92 Å². The number of Topliss-reactive ketones (excluding diaryl/α,β-unsaturated/α-hetero) is 1. The summed E-state index contributed by atoms with van der Waals surface area (Å²) in [5.41, 5.74) is 0.635. The van der Waals surface area contributed by atoms with Gasteiger partial charge in [-0.25, -0.2) is 0 Å². The van der Waals surface area contributed by atoms with Crippen molar-refractivity contribution < 1.29 is 24.3 Å². The summed E-state index contributed by atoms with van der Waals surface area (Å²) in [5.74, 6) is 0.444. The van der Waals surface area contributed by atoms with Gasteiger partial charge in [-0.1, -0.05) is 0 Å². The molecule has 1 aliphatic rings. The second-order valence-electron chi connectivity index (χ2n) is 6.93. The zero-order valence-corrected chi connectivity index (χ0v) is 16.1. The van der Waals surface area contributed by atoms with Crippen LogP contribution in [-0.4, -0.2) is 78.4 Å². The molecule has 0 amide bonds. The van der Waals surface area contributed by atoms with Gasteiger partial charge in [0, 0.05) is 50.7 Å². The number of carbonyl (C=O) groups excluding carboxylic acids is 1. The molecule has 0 atom stereocenters. The Hall–Kier alpha value is -2.42. The summed E-state index contributed by atoms with van der Waals surface area (Å²) in [5, 5.41) is 21.9. The summed E-state index contributed by atoms with van der Waals surface area (Å²) in [6.45, 7) is 7.95. The lowest BCUT2D eigenvalue weighted by Crippen LogP contribution is -2.47. The molecule has 8 heteroatoms. The lowest BCUT2D eigenvalue weighted by molar-refractivity contribution is 0.101. The summed E-state index contributed by atoms with van der Waals surface area (Å²) in [6.07, 6.45) is 0.912. The molecule has 1 fully saturated rings. The molecule has 2 aromatic rings. The topological polar surface area (TPSA) is 98.7 Å². The highest BCUT2D eigenvalue weighted by molar-refractivity contribution is 5.96. The van der Waals surface area contributed by atoms with E-state index in [4.69, 9.17) is 19.5 Å². The second-order valence-corrected chi connectivity index (χ2v) is 6.93. The molecule has 1 aromatic heterocycles. The number of piperazine rings is 1. The first kappa shape index (κ1) is 20.3. The number of β-amino-alcohol motifs (C(OH)–C–C–N with tert-alkyl or cyclic N) is 1. The minimum atomic E-state index is -0.226. The highest BCUT2D eigenvalue weighted by Gasteiger charge is 2.15. The third kappa shape index (κ3) is 5.09. The van der Waals surface area contributed by atoms with Crippen molar-refractivity contribution in [2.45, 2.75) is 13.3 Å². The van der Waals surface area contributed by atoms with E-state index in [2.05, 4.69) is 15.0 Å². The van der Waals surface area contributed by atoms with Gasteiger partial charge in [-0.2, -0.15) is 0 Å². The molecule has 0 unspecified atom stereocenters. The van der Waals surface area contributed by atoms with Crippen LogP contribution in [0.15, 0.2) is 33.8 Å². The van der Waals surface area contributed by atoms with Gasteiger partial charge in [-0.05, 0) is 36.7 Å². The third-order valence-electron chi connectivity index (χ3n) is 4.96. The third-order valence-corrected chi connectivity index (χ3v) is 4.96. The normalized spacial score (nSPS) is 16.6. The first-order valence-electron chi connectivity index (χ1n) is 9.56. The van der Waals surface area contributed by atoms with Crippen LogP contribution in [0.25, 0.3) is 11.0 Å². The zero-order chi connectivity index (χ0) is 19.9. The number of ketones is 1. The molecule has 1 aromatic carbocycles. The van der Waals surface area contributed by atoms with Crippen molar-refractivity contribution in [3.8, 4) is 5.75 Å². The minimum Gasteiger partial charge on any atom is -0.493 e. The van der Waals surface area contributed by atoms with Gasteiger partial charge in [0.25, 0.3) is 5.55 Å². The Morgan fingerprint density at radius 1 is 1.18 bits per heavy atom. The van der Waals surface area contributed by atoms with Crippen LogP contribution < -0.4 is 10.3 Å². The minimum absolute atomic E-state index is 0.0995. The van der Waals surface area contributed by atoms with E-state index >= 15 is 0 Å². The van der Waals surface area contributed by atoms with Gasteiger partial charge in [0.15, 0.2) is 5.78 Å². The predicted molar refractivity (Wildman–Crippen MR) is 104 cm³/mol. The van der Waals surface area contributed by atoms with Crippen LogP contribution in [0, 0.1) is 0 Å². The van der Waals surface area contributed by atoms with Crippen molar-refractivity contribution in [2.24, 2.45) is 5.16 Å². The number of carbonyl (C=O) groups is 1. The number of aliphatic hydroxyl groups is 1. The molecule has 152 valence electrons. The van der Waals surface area contributed by atoms with Gasteiger partial charge in [-0.15, -0.1) is 0 Å². The Kier molecular flexibility index (Phi) is 7.02. The molecular weight excluding hydrogens is 362 g/mol. The van der Waals surface area contributed by atoms with Crippen LogP contribution in [0.3, 0.4) is 0 Å². The average molecular weight is 389 g/mol. The standard InChI is InChI=1S/C20H27N3O5/c1-15(25)18-13-16-3-4-17(14-19(16)28-20(18)21-26)27-12-2-5-22-6-8-23(9-7-22)10-11-24/h3-4,13-14,24,26H,2,5-12H2,1H3. The number of hydrogen-bond donors (Lipinski definition) is 2. The van der Waals surface area contributed by atoms with Crippen molar-refractivity contribution in [3.63, 3.8) is 0 Å². The van der Waals surface area contributed by atoms with E-state index in [1.54, 1.807) is 12.1 Å². The molecule has 0 aliphatic carbocycles. The molecule has 8 nitrogen and oxygen atoms in total. The fraction of sp³-hybridized carbons (Fsp3) is 0.500. The molecule has 3 rings (SSSR count). The van der Waals surface area contributed by atoms with E-state index in [0.29, 0.717) is 17.9 Å². The SMILES string of the molecule is CC(=O)c1cc2ccc(OCCCN3CCN(CCO)CC3)cc2oc1=NO. The van der Waals surface area contributed by atoms with Crippen molar-refractivity contribution in [1.29, 1.82) is 0 Å². The van der Waals surface area contributed by atoms with Gasteiger partial charge in [-0.3, -0.25) is 9.69 Å². The number of fused-ring (bicyclic) bond motifs is 1. The predicted octanol–water partition coefficient (Wildman–Crippen LogP) is 1.30. The largest absolute Gasteiger partial charge is 0.493 e. The Bertz CT molecular complexity index is 872. The number of hydrogen-bond acceptors (Lipinski definition) is 8. The highest BCUT2D eigenvalue weighted by Crippen LogP contribution is 2.21. The fourth-order valence-corrected chi connectivity index (χ4v) is 3.37. The number of ether oxygens (including phenoxy) is 1. The molecule has 1 saturated heterocycles. The molecule has 0 radical (unpaired) electrons.